The van der Waals surface area contributed by atoms with Crippen molar-refractivity contribution in [2.75, 3.05) is 7.11 Å². The van der Waals surface area contributed by atoms with Gasteiger partial charge in [0.2, 0.25) is 6.41 Å². The molecule has 1 aromatic heterocycles. The first-order valence-corrected chi connectivity index (χ1v) is 6.95. The minimum Gasteiger partial charge on any atom is -0.467 e. The van der Waals surface area contributed by atoms with Crippen LogP contribution < -0.4 is 0 Å². The molecule has 9 nitrogen and oxygen atoms in total. The lowest BCUT2D eigenvalue weighted by Gasteiger charge is -2.24. The Morgan fingerprint density at radius 3 is 2.78 bits per heavy atom. The van der Waals surface area contributed by atoms with Gasteiger partial charge in [-0.3, -0.25) is 9.63 Å². The largest absolute Gasteiger partial charge is 0.467 e. The number of hydrogen-bond acceptors (Lipinski definition) is 7. The van der Waals surface area contributed by atoms with Crippen LogP contribution in [0.15, 0.2) is 30.3 Å². The van der Waals surface area contributed by atoms with E-state index in [1.165, 1.54) is 7.11 Å². The van der Waals surface area contributed by atoms with Gasteiger partial charge in [0.15, 0.2) is 11.9 Å². The summed E-state index contributed by atoms with van der Waals surface area (Å²) in [6, 6.07) is 8.42. The van der Waals surface area contributed by atoms with Gasteiger partial charge in [0.05, 0.1) is 7.11 Å². The van der Waals surface area contributed by atoms with Crippen LogP contribution in [0.4, 0.5) is 0 Å². The number of nitrogens with one attached hydrogen (secondary N) is 1. The summed E-state index contributed by atoms with van der Waals surface area (Å²) < 4.78 is 4.73. The van der Waals surface area contributed by atoms with E-state index in [-0.39, 0.29) is 13.0 Å². The lowest BCUT2D eigenvalue weighted by molar-refractivity contribution is -0.202. The fourth-order valence-electron chi connectivity index (χ4n) is 1.96. The van der Waals surface area contributed by atoms with Crippen LogP contribution in [0.1, 0.15) is 17.8 Å². The zero-order valence-corrected chi connectivity index (χ0v) is 12.6. The second-order valence-corrected chi connectivity index (χ2v) is 4.63. The fourth-order valence-corrected chi connectivity index (χ4v) is 1.96. The molecule has 1 N–H and O–H groups in total. The second kappa shape index (κ2) is 8.59. The van der Waals surface area contributed by atoms with E-state index >= 15 is 0 Å². The standard InChI is InChI=1S/C14H17N5O4/c1-22-14(21)12(7-8-13-15-17-18-16-13)19(10-20)23-9-11-5-3-2-4-6-11/h2-6,10,12H,7-9H2,1H3,(H,15,16,17,18)/t12-/m0/s1. The van der Waals surface area contributed by atoms with Gasteiger partial charge >= 0.3 is 5.97 Å². The first-order valence-electron chi connectivity index (χ1n) is 6.95. The molecule has 122 valence electrons. The van der Waals surface area contributed by atoms with E-state index in [9.17, 15) is 9.59 Å². The van der Waals surface area contributed by atoms with E-state index in [2.05, 4.69) is 20.6 Å². The molecule has 0 saturated carbocycles. The number of amides is 1. The summed E-state index contributed by atoms with van der Waals surface area (Å²) in [4.78, 5) is 28.6. The van der Waals surface area contributed by atoms with E-state index in [0.29, 0.717) is 18.7 Å². The number of benzene rings is 1. The molecule has 23 heavy (non-hydrogen) atoms. The summed E-state index contributed by atoms with van der Waals surface area (Å²) in [5.74, 6) is -0.138. The van der Waals surface area contributed by atoms with Crippen LogP contribution in [0.5, 0.6) is 0 Å². The highest BCUT2D eigenvalue weighted by atomic mass is 16.7. The first-order chi connectivity index (χ1) is 11.2. The molecule has 1 aromatic carbocycles. The van der Waals surface area contributed by atoms with Crippen molar-refractivity contribution in [3.05, 3.63) is 41.7 Å². The highest BCUT2D eigenvalue weighted by Crippen LogP contribution is 2.11. The van der Waals surface area contributed by atoms with E-state index in [1.54, 1.807) is 0 Å². The Kier molecular flexibility index (Phi) is 6.18. The maximum absolute atomic E-state index is 11.9. The Labute approximate surface area is 132 Å². The molecule has 2 aromatic rings. The van der Waals surface area contributed by atoms with E-state index in [1.807, 2.05) is 30.3 Å². The second-order valence-electron chi connectivity index (χ2n) is 4.63. The molecule has 1 atom stereocenters. The molecule has 0 aliphatic heterocycles. The predicted octanol–water partition coefficient (Wildman–Crippen LogP) is 0.264. The van der Waals surface area contributed by atoms with E-state index < -0.39 is 12.0 Å². The van der Waals surface area contributed by atoms with Gasteiger partial charge in [0.1, 0.15) is 6.61 Å². The molecule has 0 unspecified atom stereocenters. The van der Waals surface area contributed by atoms with Crippen molar-refractivity contribution in [3.63, 3.8) is 0 Å². The molecule has 0 aliphatic rings. The van der Waals surface area contributed by atoms with Gasteiger partial charge in [-0.2, -0.15) is 5.21 Å². The van der Waals surface area contributed by atoms with Crippen molar-refractivity contribution >= 4 is 12.4 Å². The highest BCUT2D eigenvalue weighted by molar-refractivity contribution is 5.77. The zero-order chi connectivity index (χ0) is 16.5. The van der Waals surface area contributed by atoms with Crippen LogP contribution in [0.3, 0.4) is 0 Å². The number of carbonyl (C=O) groups excluding carboxylic acids is 2. The Bertz CT molecular complexity index is 605. The van der Waals surface area contributed by atoms with Crippen LogP contribution in [0, 0.1) is 0 Å². The maximum atomic E-state index is 11.9. The minimum absolute atomic E-state index is 0.162. The summed E-state index contributed by atoms with van der Waals surface area (Å²) in [7, 11) is 1.25. The first kappa shape index (κ1) is 16.6. The quantitative estimate of drug-likeness (QED) is 0.401. The zero-order valence-electron chi connectivity index (χ0n) is 12.6. The summed E-state index contributed by atoms with van der Waals surface area (Å²) in [6.07, 6.45) is 1.05. The van der Waals surface area contributed by atoms with Gasteiger partial charge in [0.25, 0.3) is 0 Å². The van der Waals surface area contributed by atoms with Crippen LogP contribution in [0.25, 0.3) is 0 Å². The third-order valence-electron chi connectivity index (χ3n) is 3.14. The predicted molar refractivity (Wildman–Crippen MR) is 77.4 cm³/mol. The molecule has 1 heterocycles. The van der Waals surface area contributed by atoms with Crippen molar-refractivity contribution in [2.24, 2.45) is 0 Å². The van der Waals surface area contributed by atoms with Gasteiger partial charge in [-0.15, -0.1) is 10.2 Å². The summed E-state index contributed by atoms with van der Waals surface area (Å²) in [6.45, 7) is 0.162. The molecule has 2 rings (SSSR count). The van der Waals surface area contributed by atoms with Crippen LogP contribution in [-0.4, -0.2) is 51.2 Å². The Hall–Kier alpha value is -2.81. The number of esters is 1. The monoisotopic (exact) mass is 319 g/mol. The van der Waals surface area contributed by atoms with E-state index in [4.69, 9.17) is 9.57 Å². The summed E-state index contributed by atoms with van der Waals surface area (Å²) >= 11 is 0. The van der Waals surface area contributed by atoms with E-state index in [0.717, 1.165) is 10.6 Å². The molecule has 0 aliphatic carbocycles. The maximum Gasteiger partial charge on any atom is 0.331 e. The van der Waals surface area contributed by atoms with Gasteiger partial charge in [-0.05, 0) is 12.0 Å². The van der Waals surface area contributed by atoms with Crippen LogP contribution >= 0.6 is 0 Å². The summed E-state index contributed by atoms with van der Waals surface area (Å²) in [5.41, 5.74) is 0.876. The van der Waals surface area contributed by atoms with Crippen molar-refractivity contribution in [3.8, 4) is 0 Å². The van der Waals surface area contributed by atoms with Crippen molar-refractivity contribution in [2.45, 2.75) is 25.5 Å². The van der Waals surface area contributed by atoms with Gasteiger partial charge in [-0.1, -0.05) is 35.5 Å². The summed E-state index contributed by atoms with van der Waals surface area (Å²) in [5, 5.41) is 14.3. The number of aryl methyl sites for hydroxylation is 1. The third kappa shape index (κ3) is 4.85. The number of aromatic amines is 1. The van der Waals surface area contributed by atoms with Gasteiger partial charge in [0, 0.05) is 6.42 Å². The van der Waals surface area contributed by atoms with Crippen molar-refractivity contribution in [1.29, 1.82) is 0 Å². The lowest BCUT2D eigenvalue weighted by atomic mass is 10.1. The third-order valence-corrected chi connectivity index (χ3v) is 3.14. The Balaban J connectivity index is 1.99. The number of tetrazole rings is 1. The number of hydrogen-bond donors (Lipinski definition) is 1. The number of carbonyl (C=O) groups is 2. The normalized spacial score (nSPS) is 11.7. The molecule has 0 saturated heterocycles. The highest BCUT2D eigenvalue weighted by Gasteiger charge is 2.27. The SMILES string of the molecule is COC(=O)[C@H](CCc1nn[nH]n1)N(C=O)OCc1ccccc1. The molecule has 0 radical (unpaired) electrons. The van der Waals surface area contributed by atoms with Crippen LogP contribution in [-0.2, 0) is 32.2 Å². The lowest BCUT2D eigenvalue weighted by Crippen LogP contribution is -2.41. The Morgan fingerprint density at radius 2 is 2.17 bits per heavy atom. The molecular formula is C14H17N5O4. The topological polar surface area (TPSA) is 110 Å². The van der Waals surface area contributed by atoms with Crippen molar-refractivity contribution in [1.82, 2.24) is 25.7 Å². The molecule has 0 bridgehead atoms. The number of nitrogens with zero attached hydrogens (tertiary/aromatic N) is 4. The molecular weight excluding hydrogens is 302 g/mol. The smallest absolute Gasteiger partial charge is 0.331 e. The van der Waals surface area contributed by atoms with Gasteiger partial charge in [-0.25, -0.2) is 9.86 Å². The molecule has 9 heteroatoms. The Morgan fingerprint density at radius 1 is 1.39 bits per heavy atom. The van der Waals surface area contributed by atoms with Gasteiger partial charge < -0.3 is 4.74 Å². The average molecular weight is 319 g/mol. The molecule has 1 amide bonds. The number of rotatable bonds is 9. The number of ether oxygens (including phenoxy) is 1. The molecule has 0 fully saturated rings. The average Bonchev–Trinajstić information content (AvgIpc) is 3.11. The fraction of sp³-hybridized carbons (Fsp3) is 0.357. The molecule has 0 spiro atoms. The number of aromatic nitrogens is 4. The number of H-pyrrole nitrogens is 1. The minimum atomic E-state index is -0.889. The number of methoxy groups -OCH3 is 1. The number of hydroxylamine groups is 2. The van der Waals surface area contributed by atoms with Crippen molar-refractivity contribution < 1.29 is 19.2 Å². The van der Waals surface area contributed by atoms with Crippen LogP contribution in [0.2, 0.25) is 0 Å².